The smallest absolute Gasteiger partial charge is 0.364 e. The highest BCUT2D eigenvalue weighted by molar-refractivity contribution is 7.09. The topological polar surface area (TPSA) is 83.3 Å². The van der Waals surface area contributed by atoms with Crippen LogP contribution in [0, 0.1) is 0 Å². The monoisotopic (exact) mass is 300 g/mol. The summed E-state index contributed by atoms with van der Waals surface area (Å²) in [4.78, 5) is 12.8. The van der Waals surface area contributed by atoms with Gasteiger partial charge in [0.15, 0.2) is 5.82 Å². The molecule has 0 unspecified atom stereocenters. The minimum Gasteiger partial charge on any atom is -0.507 e. The van der Waals surface area contributed by atoms with E-state index in [-0.39, 0.29) is 5.75 Å². The second-order valence-corrected chi connectivity index (χ2v) is 5.35. The molecule has 0 amide bonds. The number of aromatic hydroxyl groups is 1. The Balaban J connectivity index is 1.90. The second kappa shape index (κ2) is 5.76. The first kappa shape index (κ1) is 13.3. The van der Waals surface area contributed by atoms with Gasteiger partial charge in [-0.25, -0.2) is 9.89 Å². The summed E-state index contributed by atoms with van der Waals surface area (Å²) in [6.07, 6.45) is 1.96. The van der Waals surface area contributed by atoms with Crippen LogP contribution in [0.1, 0.15) is 16.3 Å². The maximum absolute atomic E-state index is 11.7. The molecule has 0 spiro atoms. The molecule has 2 aromatic heterocycles. The number of aromatic nitrogens is 3. The Morgan fingerprint density at radius 3 is 2.95 bits per heavy atom. The van der Waals surface area contributed by atoms with Crippen LogP contribution in [0.2, 0.25) is 0 Å². The van der Waals surface area contributed by atoms with Gasteiger partial charge in [-0.2, -0.15) is 14.9 Å². The van der Waals surface area contributed by atoms with Gasteiger partial charge in [-0.3, -0.25) is 0 Å². The van der Waals surface area contributed by atoms with Crippen molar-refractivity contribution in [1.82, 2.24) is 14.9 Å². The van der Waals surface area contributed by atoms with Gasteiger partial charge in [0.25, 0.3) is 0 Å². The van der Waals surface area contributed by atoms with E-state index in [1.807, 2.05) is 17.5 Å². The molecule has 0 fully saturated rings. The number of nitrogens with zero attached hydrogens (tertiary/aromatic N) is 3. The van der Waals surface area contributed by atoms with Crippen molar-refractivity contribution in [1.29, 1.82) is 0 Å². The summed E-state index contributed by atoms with van der Waals surface area (Å²) >= 11 is 1.59. The Labute approximate surface area is 124 Å². The van der Waals surface area contributed by atoms with Gasteiger partial charge in [0.2, 0.25) is 0 Å². The maximum atomic E-state index is 11.7. The summed E-state index contributed by atoms with van der Waals surface area (Å²) in [5.74, 6) is 0.631. The van der Waals surface area contributed by atoms with E-state index in [2.05, 4.69) is 15.3 Å². The molecule has 2 heterocycles. The first-order valence-electron chi connectivity index (χ1n) is 6.25. The zero-order valence-corrected chi connectivity index (χ0v) is 11.7. The van der Waals surface area contributed by atoms with Gasteiger partial charge in [0, 0.05) is 16.9 Å². The number of aromatic amines is 1. The third-order valence-electron chi connectivity index (χ3n) is 2.88. The quantitative estimate of drug-likeness (QED) is 0.721. The van der Waals surface area contributed by atoms with Crippen molar-refractivity contribution < 1.29 is 5.11 Å². The van der Waals surface area contributed by atoms with E-state index in [1.54, 1.807) is 35.6 Å². The van der Waals surface area contributed by atoms with Crippen LogP contribution in [0.4, 0.5) is 0 Å². The molecular weight excluding hydrogens is 288 g/mol. The number of H-pyrrole nitrogens is 1. The maximum Gasteiger partial charge on any atom is 0.364 e. The lowest BCUT2D eigenvalue weighted by Crippen LogP contribution is -2.15. The minimum absolute atomic E-state index is 0.109. The number of phenols is 1. The zero-order chi connectivity index (χ0) is 14.7. The third kappa shape index (κ3) is 2.92. The van der Waals surface area contributed by atoms with E-state index in [0.717, 1.165) is 4.88 Å². The molecule has 2 N–H and O–H groups in total. The molecule has 0 radical (unpaired) electrons. The molecule has 0 atom stereocenters. The van der Waals surface area contributed by atoms with Crippen LogP contribution >= 0.6 is 11.3 Å². The Morgan fingerprint density at radius 2 is 2.19 bits per heavy atom. The van der Waals surface area contributed by atoms with Crippen LogP contribution in [0.5, 0.6) is 5.75 Å². The number of rotatable bonds is 4. The lowest BCUT2D eigenvalue weighted by atomic mass is 10.2. The molecule has 3 rings (SSSR count). The standard InChI is InChI=1S/C14H12N4O2S/c19-12-6-2-1-4-10(12)9-15-18-13(16-17-14(18)20)8-11-5-3-7-21-11/h1-7,9,19H,8H2,(H,17,20)/b15-9+. The fourth-order valence-electron chi connectivity index (χ4n) is 1.84. The van der Waals surface area contributed by atoms with Crippen LogP contribution in [0.3, 0.4) is 0 Å². The average molecular weight is 300 g/mol. The van der Waals surface area contributed by atoms with E-state index in [4.69, 9.17) is 0 Å². The molecule has 1 aromatic carbocycles. The first-order valence-corrected chi connectivity index (χ1v) is 7.13. The van der Waals surface area contributed by atoms with Crippen molar-refractivity contribution >= 4 is 17.6 Å². The largest absolute Gasteiger partial charge is 0.507 e. The van der Waals surface area contributed by atoms with E-state index < -0.39 is 5.69 Å². The van der Waals surface area contributed by atoms with Crippen molar-refractivity contribution in [3.05, 3.63) is 68.5 Å². The Kier molecular flexibility index (Phi) is 3.65. The minimum atomic E-state index is -0.409. The summed E-state index contributed by atoms with van der Waals surface area (Å²) in [5.41, 5.74) is 0.126. The normalized spacial score (nSPS) is 11.2. The molecule has 6 nitrogen and oxygen atoms in total. The summed E-state index contributed by atoms with van der Waals surface area (Å²) in [5, 5.41) is 22.1. The lowest BCUT2D eigenvalue weighted by molar-refractivity contribution is 0.474. The first-order chi connectivity index (χ1) is 10.2. The SMILES string of the molecule is O=c1[nH]nc(Cc2cccs2)n1/N=C/c1ccccc1O. The fraction of sp³-hybridized carbons (Fsp3) is 0.0714. The van der Waals surface area contributed by atoms with Crippen LogP contribution in [-0.2, 0) is 6.42 Å². The molecule has 0 aliphatic rings. The zero-order valence-electron chi connectivity index (χ0n) is 10.9. The van der Waals surface area contributed by atoms with E-state index in [0.29, 0.717) is 17.8 Å². The molecule has 0 aliphatic carbocycles. The number of nitrogens with one attached hydrogen (secondary N) is 1. The van der Waals surface area contributed by atoms with Crippen molar-refractivity contribution in [2.24, 2.45) is 5.10 Å². The van der Waals surface area contributed by atoms with Crippen molar-refractivity contribution in [2.75, 3.05) is 0 Å². The molecule has 0 saturated carbocycles. The van der Waals surface area contributed by atoms with Crippen LogP contribution in [0.25, 0.3) is 0 Å². The highest BCUT2D eigenvalue weighted by Gasteiger charge is 2.08. The number of hydrogen-bond donors (Lipinski definition) is 2. The Morgan fingerprint density at radius 1 is 1.33 bits per heavy atom. The highest BCUT2D eigenvalue weighted by atomic mass is 32.1. The number of benzene rings is 1. The van der Waals surface area contributed by atoms with Gasteiger partial charge in [0.1, 0.15) is 5.75 Å². The highest BCUT2D eigenvalue weighted by Crippen LogP contribution is 2.14. The Bertz CT molecular complexity index is 818. The molecular formula is C14H12N4O2S. The second-order valence-electron chi connectivity index (χ2n) is 4.32. The van der Waals surface area contributed by atoms with Crippen LogP contribution < -0.4 is 5.69 Å². The van der Waals surface area contributed by atoms with Gasteiger partial charge in [-0.1, -0.05) is 18.2 Å². The van der Waals surface area contributed by atoms with E-state index in [9.17, 15) is 9.90 Å². The third-order valence-corrected chi connectivity index (χ3v) is 3.76. The van der Waals surface area contributed by atoms with Gasteiger partial charge < -0.3 is 5.11 Å². The number of hydrogen-bond acceptors (Lipinski definition) is 5. The van der Waals surface area contributed by atoms with Gasteiger partial charge >= 0.3 is 5.69 Å². The molecule has 0 saturated heterocycles. The predicted octanol–water partition coefficient (Wildman–Crippen LogP) is 1.81. The molecule has 7 heteroatoms. The average Bonchev–Trinajstić information content (AvgIpc) is 3.10. The predicted molar refractivity (Wildman–Crippen MR) is 81.1 cm³/mol. The molecule has 0 aliphatic heterocycles. The number of para-hydroxylation sites is 1. The summed E-state index contributed by atoms with van der Waals surface area (Å²) in [6.45, 7) is 0. The summed E-state index contributed by atoms with van der Waals surface area (Å²) in [7, 11) is 0. The Hall–Kier alpha value is -2.67. The van der Waals surface area contributed by atoms with Crippen molar-refractivity contribution in [3.63, 3.8) is 0 Å². The molecule has 3 aromatic rings. The molecule has 106 valence electrons. The molecule has 0 bridgehead atoms. The fourth-order valence-corrected chi connectivity index (χ4v) is 2.54. The van der Waals surface area contributed by atoms with Gasteiger partial charge in [-0.05, 0) is 23.6 Å². The van der Waals surface area contributed by atoms with E-state index >= 15 is 0 Å². The summed E-state index contributed by atoms with van der Waals surface area (Å²) < 4.78 is 1.20. The number of thiophene rings is 1. The van der Waals surface area contributed by atoms with Gasteiger partial charge in [0.05, 0.1) is 6.21 Å². The summed E-state index contributed by atoms with van der Waals surface area (Å²) in [6, 6.07) is 10.7. The molecule has 21 heavy (non-hydrogen) atoms. The van der Waals surface area contributed by atoms with Crippen molar-refractivity contribution in [3.8, 4) is 5.75 Å². The van der Waals surface area contributed by atoms with Crippen molar-refractivity contribution in [2.45, 2.75) is 6.42 Å². The van der Waals surface area contributed by atoms with Crippen LogP contribution in [0.15, 0.2) is 51.7 Å². The lowest BCUT2D eigenvalue weighted by Gasteiger charge is -1.99. The van der Waals surface area contributed by atoms with Gasteiger partial charge in [-0.15, -0.1) is 11.3 Å². The van der Waals surface area contributed by atoms with E-state index in [1.165, 1.54) is 10.9 Å². The van der Waals surface area contributed by atoms with Crippen LogP contribution in [-0.4, -0.2) is 26.2 Å². The number of phenolic OH excluding ortho intramolecular Hbond substituents is 1.